The van der Waals surface area contributed by atoms with E-state index in [1.54, 1.807) is 0 Å². The Bertz CT molecular complexity index is 896. The number of nitro benzene ring substituents is 1. The summed E-state index contributed by atoms with van der Waals surface area (Å²) in [4.78, 5) is 21.3. The third-order valence-corrected chi connectivity index (χ3v) is 4.64. The number of Topliss-reactive ketones (excluding diaryl/α,β-unsaturated/α-hetero) is 1. The first-order valence-corrected chi connectivity index (χ1v) is 8.14. The van der Waals surface area contributed by atoms with Crippen molar-refractivity contribution in [1.82, 2.24) is 0 Å². The predicted octanol–water partition coefficient (Wildman–Crippen LogP) is 3.25. The van der Waals surface area contributed by atoms with Crippen molar-refractivity contribution < 1.29 is 18.1 Å². The van der Waals surface area contributed by atoms with E-state index in [0.29, 0.717) is 0 Å². The Balaban J connectivity index is 2.39. The van der Waals surface area contributed by atoms with E-state index in [4.69, 9.17) is 11.6 Å². The molecule has 120 valence electrons. The molecular formula is C14H11ClN2O5S. The minimum atomic E-state index is -3.99. The van der Waals surface area contributed by atoms with Gasteiger partial charge in [-0.1, -0.05) is 23.7 Å². The fraction of sp³-hybridized carbons (Fsp3) is 0.0714. The normalized spacial score (nSPS) is 11.0. The Hall–Kier alpha value is -2.45. The molecule has 0 fully saturated rings. The van der Waals surface area contributed by atoms with Gasteiger partial charge >= 0.3 is 0 Å². The number of carbonyl (C=O) groups excluding carboxylic acids is 1. The zero-order valence-corrected chi connectivity index (χ0v) is 13.4. The molecule has 2 aromatic carbocycles. The highest BCUT2D eigenvalue weighted by Gasteiger charge is 2.18. The van der Waals surface area contributed by atoms with Gasteiger partial charge in [-0.05, 0) is 31.2 Å². The van der Waals surface area contributed by atoms with Gasteiger partial charge in [-0.3, -0.25) is 19.6 Å². The second-order valence-electron chi connectivity index (χ2n) is 4.61. The average molecular weight is 355 g/mol. The minimum absolute atomic E-state index is 0.00525. The molecule has 2 aromatic rings. The fourth-order valence-electron chi connectivity index (χ4n) is 1.81. The van der Waals surface area contributed by atoms with Crippen molar-refractivity contribution in [3.63, 3.8) is 0 Å². The lowest BCUT2D eigenvalue weighted by atomic mass is 10.2. The maximum absolute atomic E-state index is 12.3. The molecule has 0 atom stereocenters. The van der Waals surface area contributed by atoms with Crippen LogP contribution in [-0.4, -0.2) is 19.1 Å². The van der Waals surface area contributed by atoms with Crippen LogP contribution in [0.2, 0.25) is 5.02 Å². The molecule has 0 amide bonds. The van der Waals surface area contributed by atoms with E-state index < -0.39 is 20.6 Å². The lowest BCUT2D eigenvalue weighted by Crippen LogP contribution is -2.13. The summed E-state index contributed by atoms with van der Waals surface area (Å²) in [7, 11) is -3.99. The van der Waals surface area contributed by atoms with Crippen LogP contribution in [0.25, 0.3) is 0 Å². The van der Waals surface area contributed by atoms with E-state index in [0.717, 1.165) is 6.07 Å². The smallest absolute Gasteiger partial charge is 0.289 e. The number of nitro groups is 1. The number of carbonyl (C=O) groups is 1. The van der Waals surface area contributed by atoms with Crippen molar-refractivity contribution in [3.05, 3.63) is 63.2 Å². The summed E-state index contributed by atoms with van der Waals surface area (Å²) in [5, 5.41) is 10.7. The second-order valence-corrected chi connectivity index (χ2v) is 6.70. The summed E-state index contributed by atoms with van der Waals surface area (Å²) in [5.41, 5.74) is -0.173. The average Bonchev–Trinajstić information content (AvgIpc) is 2.49. The van der Waals surface area contributed by atoms with Gasteiger partial charge in [-0.2, -0.15) is 0 Å². The van der Waals surface area contributed by atoms with Crippen LogP contribution in [0.15, 0.2) is 47.4 Å². The number of ketones is 1. The van der Waals surface area contributed by atoms with E-state index in [9.17, 15) is 23.3 Å². The third-order valence-electron chi connectivity index (χ3n) is 2.95. The molecule has 0 aliphatic rings. The van der Waals surface area contributed by atoms with Gasteiger partial charge in [0.15, 0.2) is 5.78 Å². The third kappa shape index (κ3) is 3.85. The van der Waals surface area contributed by atoms with Crippen LogP contribution in [0, 0.1) is 10.1 Å². The van der Waals surface area contributed by atoms with Gasteiger partial charge in [0.25, 0.3) is 15.7 Å². The van der Waals surface area contributed by atoms with Gasteiger partial charge < -0.3 is 0 Å². The first-order chi connectivity index (χ1) is 10.7. The quantitative estimate of drug-likeness (QED) is 0.504. The molecule has 0 aliphatic heterocycles. The number of hydrogen-bond acceptors (Lipinski definition) is 5. The van der Waals surface area contributed by atoms with Crippen LogP contribution in [0.5, 0.6) is 0 Å². The van der Waals surface area contributed by atoms with Gasteiger partial charge in [0.1, 0.15) is 5.02 Å². The van der Waals surface area contributed by atoms with E-state index in [1.807, 2.05) is 0 Å². The van der Waals surface area contributed by atoms with E-state index >= 15 is 0 Å². The minimum Gasteiger partial charge on any atom is -0.295 e. The van der Waals surface area contributed by atoms with Crippen molar-refractivity contribution in [1.29, 1.82) is 0 Å². The van der Waals surface area contributed by atoms with E-state index in [1.165, 1.54) is 43.3 Å². The highest BCUT2D eigenvalue weighted by molar-refractivity contribution is 7.92. The highest BCUT2D eigenvalue weighted by Crippen LogP contribution is 2.28. The standard InChI is InChI=1S/C14H11ClN2O5S/c1-9(18)10-3-2-4-12(7-10)23(21,22)16-11-5-6-13(15)14(8-11)17(19)20/h2-8,16H,1H3. The molecule has 0 aromatic heterocycles. The van der Waals surface area contributed by atoms with Gasteiger partial charge in [-0.25, -0.2) is 8.42 Å². The summed E-state index contributed by atoms with van der Waals surface area (Å²) in [6.07, 6.45) is 0. The fourth-order valence-corrected chi connectivity index (χ4v) is 3.09. The van der Waals surface area contributed by atoms with Crippen LogP contribution in [0.4, 0.5) is 11.4 Å². The topological polar surface area (TPSA) is 106 Å². The molecule has 0 aliphatic carbocycles. The number of anilines is 1. The second kappa shape index (κ2) is 6.35. The van der Waals surface area contributed by atoms with E-state index in [-0.39, 0.29) is 27.0 Å². The molecule has 23 heavy (non-hydrogen) atoms. The van der Waals surface area contributed by atoms with Gasteiger partial charge in [0.2, 0.25) is 0 Å². The Morgan fingerprint density at radius 2 is 1.91 bits per heavy atom. The SMILES string of the molecule is CC(=O)c1cccc(S(=O)(=O)Nc2ccc(Cl)c([N+](=O)[O-])c2)c1. The zero-order chi connectivity index (χ0) is 17.2. The Labute approximate surface area is 137 Å². The molecule has 0 spiro atoms. The number of nitrogens with one attached hydrogen (secondary N) is 1. The molecule has 0 heterocycles. The zero-order valence-electron chi connectivity index (χ0n) is 11.8. The number of sulfonamides is 1. The molecule has 0 radical (unpaired) electrons. The Morgan fingerprint density at radius 3 is 2.52 bits per heavy atom. The highest BCUT2D eigenvalue weighted by atomic mass is 35.5. The summed E-state index contributed by atoms with van der Waals surface area (Å²) in [6, 6.07) is 9.04. The van der Waals surface area contributed by atoms with Crippen LogP contribution in [0.3, 0.4) is 0 Å². The number of rotatable bonds is 5. The summed E-state index contributed by atoms with van der Waals surface area (Å²) in [6.45, 7) is 1.32. The van der Waals surface area contributed by atoms with E-state index in [2.05, 4.69) is 4.72 Å². The summed E-state index contributed by atoms with van der Waals surface area (Å²) in [5.74, 6) is -0.274. The molecule has 0 bridgehead atoms. The predicted molar refractivity (Wildman–Crippen MR) is 85.4 cm³/mol. The van der Waals surface area contributed by atoms with Gasteiger partial charge in [0.05, 0.1) is 15.5 Å². The van der Waals surface area contributed by atoms with Crippen molar-refractivity contribution in [3.8, 4) is 0 Å². The van der Waals surface area contributed by atoms with Crippen LogP contribution >= 0.6 is 11.6 Å². The molecule has 0 unspecified atom stereocenters. The lowest BCUT2D eigenvalue weighted by molar-refractivity contribution is -0.384. The van der Waals surface area contributed by atoms with Crippen LogP contribution < -0.4 is 4.72 Å². The molecule has 7 nitrogen and oxygen atoms in total. The number of nitrogens with zero attached hydrogens (tertiary/aromatic N) is 1. The van der Waals surface area contributed by atoms with Crippen molar-refractivity contribution in [2.45, 2.75) is 11.8 Å². The van der Waals surface area contributed by atoms with Crippen LogP contribution in [0.1, 0.15) is 17.3 Å². The molecular weight excluding hydrogens is 344 g/mol. The summed E-state index contributed by atoms with van der Waals surface area (Å²) >= 11 is 5.68. The van der Waals surface area contributed by atoms with Crippen LogP contribution in [-0.2, 0) is 10.0 Å². The first kappa shape index (κ1) is 16.9. The lowest BCUT2D eigenvalue weighted by Gasteiger charge is -2.09. The maximum atomic E-state index is 12.3. The number of hydrogen-bond donors (Lipinski definition) is 1. The molecule has 0 saturated heterocycles. The Kier molecular flexibility index (Phi) is 4.67. The monoisotopic (exact) mass is 354 g/mol. The maximum Gasteiger partial charge on any atom is 0.289 e. The largest absolute Gasteiger partial charge is 0.295 e. The first-order valence-electron chi connectivity index (χ1n) is 6.28. The molecule has 1 N–H and O–H groups in total. The number of halogens is 1. The number of benzene rings is 2. The summed E-state index contributed by atoms with van der Waals surface area (Å²) < 4.78 is 26.9. The van der Waals surface area contributed by atoms with Crippen molar-refractivity contribution in [2.75, 3.05) is 4.72 Å². The molecule has 2 rings (SSSR count). The van der Waals surface area contributed by atoms with Crippen molar-refractivity contribution >= 4 is 38.8 Å². The van der Waals surface area contributed by atoms with Gasteiger partial charge in [-0.15, -0.1) is 0 Å². The molecule has 9 heteroatoms. The molecule has 0 saturated carbocycles. The van der Waals surface area contributed by atoms with Crippen molar-refractivity contribution in [2.24, 2.45) is 0 Å². The van der Waals surface area contributed by atoms with Gasteiger partial charge in [0, 0.05) is 11.6 Å². The Morgan fingerprint density at radius 1 is 1.22 bits per heavy atom.